The van der Waals surface area contributed by atoms with Crippen molar-refractivity contribution < 1.29 is 22.0 Å². The predicted octanol–water partition coefficient (Wildman–Crippen LogP) is 3.43. The molecule has 1 amide bonds. The molecule has 0 bridgehead atoms. The Morgan fingerprint density at radius 2 is 2.04 bits per heavy atom. The van der Waals surface area contributed by atoms with E-state index in [2.05, 4.69) is 5.32 Å². The molecule has 0 aliphatic heterocycles. The Labute approximate surface area is 148 Å². The van der Waals surface area contributed by atoms with Crippen molar-refractivity contribution in [1.29, 1.82) is 0 Å². The van der Waals surface area contributed by atoms with E-state index >= 15 is 0 Å². The molecule has 0 unspecified atom stereocenters. The molecule has 3 rings (SSSR count). The minimum Gasteiger partial charge on any atom is -0.468 e. The molecule has 0 fully saturated rings. The SMILES string of the molecule is O=C(NC[C@@H](c1ccco1)S(=O)(=O)c1cccs1)c1cccc(F)c1. The number of benzene rings is 1. The van der Waals surface area contributed by atoms with Gasteiger partial charge in [0.2, 0.25) is 0 Å². The number of rotatable bonds is 6. The summed E-state index contributed by atoms with van der Waals surface area (Å²) < 4.78 is 44.3. The predicted molar refractivity (Wildman–Crippen MR) is 91.7 cm³/mol. The van der Waals surface area contributed by atoms with Crippen molar-refractivity contribution in [1.82, 2.24) is 5.32 Å². The first kappa shape index (κ1) is 17.4. The summed E-state index contributed by atoms with van der Waals surface area (Å²) in [6, 6.07) is 11.5. The summed E-state index contributed by atoms with van der Waals surface area (Å²) in [4.78, 5) is 12.2. The van der Waals surface area contributed by atoms with Crippen molar-refractivity contribution in [2.24, 2.45) is 0 Å². The van der Waals surface area contributed by atoms with Gasteiger partial charge in [0.1, 0.15) is 21.0 Å². The second kappa shape index (κ2) is 7.20. The van der Waals surface area contributed by atoms with Gasteiger partial charge in [-0.1, -0.05) is 12.1 Å². The molecule has 2 aromatic heterocycles. The lowest BCUT2D eigenvalue weighted by Gasteiger charge is -2.15. The highest BCUT2D eigenvalue weighted by Crippen LogP contribution is 2.31. The second-order valence-electron chi connectivity index (χ2n) is 5.20. The van der Waals surface area contributed by atoms with Crippen LogP contribution in [0.1, 0.15) is 21.4 Å². The first-order valence-electron chi connectivity index (χ1n) is 7.33. The molecule has 8 heteroatoms. The van der Waals surface area contributed by atoms with Crippen molar-refractivity contribution >= 4 is 27.1 Å². The van der Waals surface area contributed by atoms with Crippen LogP contribution in [0.3, 0.4) is 0 Å². The van der Waals surface area contributed by atoms with E-state index in [1.165, 1.54) is 30.5 Å². The summed E-state index contributed by atoms with van der Waals surface area (Å²) in [6.45, 7) is -0.191. The van der Waals surface area contributed by atoms with Crippen molar-refractivity contribution in [2.75, 3.05) is 6.54 Å². The first-order valence-corrected chi connectivity index (χ1v) is 9.75. The van der Waals surface area contributed by atoms with E-state index in [-0.39, 0.29) is 22.1 Å². The number of carbonyl (C=O) groups excluding carboxylic acids is 1. The topological polar surface area (TPSA) is 76.4 Å². The van der Waals surface area contributed by atoms with Crippen LogP contribution in [0.25, 0.3) is 0 Å². The molecule has 0 radical (unpaired) electrons. The molecular weight excluding hydrogens is 365 g/mol. The maximum absolute atomic E-state index is 13.2. The van der Waals surface area contributed by atoms with E-state index < -0.39 is 26.8 Å². The number of amides is 1. The minimum absolute atomic E-state index is 0.117. The van der Waals surface area contributed by atoms with Gasteiger partial charge in [0, 0.05) is 12.1 Å². The molecule has 2 heterocycles. The largest absolute Gasteiger partial charge is 0.468 e. The number of hydrogen-bond acceptors (Lipinski definition) is 5. The van der Waals surface area contributed by atoms with Crippen LogP contribution >= 0.6 is 11.3 Å². The summed E-state index contributed by atoms with van der Waals surface area (Å²) in [7, 11) is -3.73. The van der Waals surface area contributed by atoms with Crippen LogP contribution in [0.15, 0.2) is 68.8 Å². The highest BCUT2D eigenvalue weighted by molar-refractivity contribution is 7.93. The molecule has 1 aromatic carbocycles. The second-order valence-corrected chi connectivity index (χ2v) is 8.51. The van der Waals surface area contributed by atoms with Crippen LogP contribution in [0.5, 0.6) is 0 Å². The van der Waals surface area contributed by atoms with Crippen LogP contribution in [-0.2, 0) is 9.84 Å². The van der Waals surface area contributed by atoms with Crippen molar-refractivity contribution in [3.8, 4) is 0 Å². The van der Waals surface area contributed by atoms with E-state index in [1.54, 1.807) is 23.6 Å². The number of furan rings is 1. The van der Waals surface area contributed by atoms with Gasteiger partial charge in [0.05, 0.1) is 6.26 Å². The average Bonchev–Trinajstić information content (AvgIpc) is 3.28. The van der Waals surface area contributed by atoms with Crippen LogP contribution < -0.4 is 5.32 Å². The van der Waals surface area contributed by atoms with Crippen molar-refractivity contribution in [3.05, 3.63) is 77.3 Å². The van der Waals surface area contributed by atoms with Gasteiger partial charge in [-0.25, -0.2) is 12.8 Å². The Morgan fingerprint density at radius 1 is 1.20 bits per heavy atom. The highest BCUT2D eigenvalue weighted by Gasteiger charge is 2.32. The smallest absolute Gasteiger partial charge is 0.251 e. The first-order chi connectivity index (χ1) is 12.0. The molecule has 130 valence electrons. The molecule has 25 heavy (non-hydrogen) atoms. The lowest BCUT2D eigenvalue weighted by Crippen LogP contribution is -2.31. The zero-order chi connectivity index (χ0) is 17.9. The zero-order valence-electron chi connectivity index (χ0n) is 12.9. The number of sulfone groups is 1. The van der Waals surface area contributed by atoms with Crippen molar-refractivity contribution in [3.63, 3.8) is 0 Å². The average molecular weight is 379 g/mol. The van der Waals surface area contributed by atoms with E-state index in [4.69, 9.17) is 4.42 Å². The fourth-order valence-electron chi connectivity index (χ4n) is 2.32. The standard InChI is InChI=1S/C17H14FNO4S2/c18-13-5-1-4-12(10-13)17(20)19-11-15(14-6-2-8-23-14)25(21,22)16-7-3-9-24-16/h1-10,15H,11H2,(H,19,20)/t15-/m0/s1. The van der Waals surface area contributed by atoms with E-state index in [9.17, 15) is 17.6 Å². The molecule has 0 aliphatic rings. The van der Waals surface area contributed by atoms with E-state index in [0.29, 0.717) is 0 Å². The molecule has 0 spiro atoms. The lowest BCUT2D eigenvalue weighted by molar-refractivity contribution is 0.0952. The minimum atomic E-state index is -3.73. The number of hydrogen-bond donors (Lipinski definition) is 1. The zero-order valence-corrected chi connectivity index (χ0v) is 14.5. The molecular formula is C17H14FNO4S2. The van der Waals surface area contributed by atoms with Gasteiger partial charge >= 0.3 is 0 Å². The van der Waals surface area contributed by atoms with Gasteiger partial charge in [-0.15, -0.1) is 11.3 Å². The molecule has 1 N–H and O–H groups in total. The monoisotopic (exact) mass is 379 g/mol. The number of thiophene rings is 1. The Kier molecular flexibility index (Phi) is 5.00. The Hall–Kier alpha value is -2.45. The third-order valence-corrected chi connectivity index (χ3v) is 7.04. The maximum Gasteiger partial charge on any atom is 0.251 e. The van der Waals surface area contributed by atoms with Crippen LogP contribution in [-0.4, -0.2) is 20.9 Å². The number of nitrogens with one attached hydrogen (secondary N) is 1. The highest BCUT2D eigenvalue weighted by atomic mass is 32.2. The van der Waals surface area contributed by atoms with Gasteiger partial charge in [0.15, 0.2) is 9.84 Å². The Morgan fingerprint density at radius 3 is 2.68 bits per heavy atom. The molecule has 0 saturated heterocycles. The fourth-order valence-corrected chi connectivity index (χ4v) is 5.11. The normalized spacial score (nSPS) is 12.7. The van der Waals surface area contributed by atoms with Crippen LogP contribution in [0, 0.1) is 5.82 Å². The molecule has 0 aliphatic carbocycles. The quantitative estimate of drug-likeness (QED) is 0.712. The maximum atomic E-state index is 13.2. The van der Waals surface area contributed by atoms with Gasteiger partial charge in [-0.05, 0) is 41.8 Å². The summed E-state index contributed by atoms with van der Waals surface area (Å²) >= 11 is 1.10. The van der Waals surface area contributed by atoms with E-state index in [1.807, 2.05) is 0 Å². The summed E-state index contributed by atoms with van der Waals surface area (Å²) in [5, 5.41) is 3.14. The third-order valence-electron chi connectivity index (χ3n) is 3.55. The van der Waals surface area contributed by atoms with Crippen molar-refractivity contribution in [2.45, 2.75) is 9.46 Å². The molecule has 0 saturated carbocycles. The van der Waals surface area contributed by atoms with E-state index in [0.717, 1.165) is 17.4 Å². The molecule has 1 atom stereocenters. The molecule has 3 aromatic rings. The third kappa shape index (κ3) is 3.80. The number of carbonyl (C=O) groups is 1. The van der Waals surface area contributed by atoms with Gasteiger partial charge < -0.3 is 9.73 Å². The summed E-state index contributed by atoms with van der Waals surface area (Å²) in [5.74, 6) is -0.869. The lowest BCUT2D eigenvalue weighted by atomic mass is 10.2. The van der Waals surface area contributed by atoms with Gasteiger partial charge in [-0.3, -0.25) is 4.79 Å². The Balaban J connectivity index is 1.83. The Bertz CT molecular complexity index is 950. The van der Waals surface area contributed by atoms with Crippen LogP contribution in [0.4, 0.5) is 4.39 Å². The summed E-state index contributed by atoms with van der Waals surface area (Å²) in [6.07, 6.45) is 1.38. The summed E-state index contributed by atoms with van der Waals surface area (Å²) in [5.41, 5.74) is 0.117. The fraction of sp³-hybridized carbons (Fsp3) is 0.118. The van der Waals surface area contributed by atoms with Gasteiger partial charge in [-0.2, -0.15) is 0 Å². The number of halogens is 1. The van der Waals surface area contributed by atoms with Crippen LogP contribution in [0.2, 0.25) is 0 Å². The van der Waals surface area contributed by atoms with Gasteiger partial charge in [0.25, 0.3) is 5.91 Å². The molecule has 5 nitrogen and oxygen atoms in total.